The first-order valence-corrected chi connectivity index (χ1v) is 12.3. The van der Waals surface area contributed by atoms with Gasteiger partial charge in [-0.3, -0.25) is 0 Å². The Kier molecular flexibility index (Phi) is 8.78. The number of tetrazole rings is 1. The van der Waals surface area contributed by atoms with Crippen molar-refractivity contribution in [3.05, 3.63) is 88.9 Å². The number of para-hydroxylation sites is 1. The van der Waals surface area contributed by atoms with E-state index in [4.69, 9.17) is 21.1 Å². The van der Waals surface area contributed by atoms with Crippen LogP contribution in [0.1, 0.15) is 17.5 Å². The zero-order valence-electron chi connectivity index (χ0n) is 18.9. The van der Waals surface area contributed by atoms with Crippen molar-refractivity contribution in [2.75, 3.05) is 19.4 Å². The molecule has 7 nitrogen and oxygen atoms in total. The number of thioether (sulfide) groups is 1. The highest BCUT2D eigenvalue weighted by atomic mass is 35.5. The lowest BCUT2D eigenvalue weighted by atomic mass is 10.2. The average Bonchev–Trinajstić information content (AvgIpc) is 3.35. The van der Waals surface area contributed by atoms with Crippen molar-refractivity contribution in [2.45, 2.75) is 24.7 Å². The highest BCUT2D eigenvalue weighted by Gasteiger charge is 2.12. The van der Waals surface area contributed by atoms with Gasteiger partial charge in [-0.1, -0.05) is 71.9 Å². The summed E-state index contributed by atoms with van der Waals surface area (Å²) in [7, 11) is 1.64. The number of ether oxygens (including phenoxy) is 2. The molecule has 0 radical (unpaired) electrons. The van der Waals surface area contributed by atoms with Crippen molar-refractivity contribution in [3.8, 4) is 17.2 Å². The summed E-state index contributed by atoms with van der Waals surface area (Å²) < 4.78 is 13.2. The maximum absolute atomic E-state index is 6.52. The van der Waals surface area contributed by atoms with Crippen LogP contribution in [-0.4, -0.2) is 39.6 Å². The molecule has 34 heavy (non-hydrogen) atoms. The fraction of sp³-hybridized carbons (Fsp3) is 0.240. The van der Waals surface area contributed by atoms with E-state index in [1.54, 1.807) is 23.6 Å². The largest absolute Gasteiger partial charge is 0.493 e. The third-order valence-corrected chi connectivity index (χ3v) is 6.41. The molecule has 0 aliphatic heterocycles. The molecule has 0 saturated carbocycles. The van der Waals surface area contributed by atoms with Gasteiger partial charge in [-0.15, -0.1) is 5.10 Å². The maximum Gasteiger partial charge on any atom is 0.214 e. The predicted octanol–water partition coefficient (Wildman–Crippen LogP) is 5.18. The molecule has 1 aromatic heterocycles. The van der Waals surface area contributed by atoms with Crippen molar-refractivity contribution in [3.63, 3.8) is 0 Å². The molecule has 0 amide bonds. The minimum absolute atomic E-state index is 0.455. The standard InChI is InChI=1S/C25H26ClN5O2S/c1-32-23-15-20(22(26)16-24(23)33-18-19-9-4-2-5-10-19)17-27-13-8-14-34-25-28-29-30-31(25)21-11-6-3-7-12-21/h2-7,9-12,15-16,27H,8,13-14,17-18H2,1H3. The van der Waals surface area contributed by atoms with E-state index in [0.29, 0.717) is 29.7 Å². The monoisotopic (exact) mass is 495 g/mol. The highest BCUT2D eigenvalue weighted by Crippen LogP contribution is 2.34. The fourth-order valence-electron chi connectivity index (χ4n) is 3.30. The Morgan fingerprint density at radius 2 is 1.76 bits per heavy atom. The minimum atomic E-state index is 0.455. The second-order valence-electron chi connectivity index (χ2n) is 7.46. The van der Waals surface area contributed by atoms with Crippen molar-refractivity contribution < 1.29 is 9.47 Å². The van der Waals surface area contributed by atoms with Crippen LogP contribution in [0.4, 0.5) is 0 Å². The summed E-state index contributed by atoms with van der Waals surface area (Å²) in [5, 5.41) is 16.9. The Balaban J connectivity index is 1.24. The molecule has 0 saturated heterocycles. The average molecular weight is 496 g/mol. The normalized spacial score (nSPS) is 10.9. The molecule has 0 spiro atoms. The fourth-order valence-corrected chi connectivity index (χ4v) is 4.35. The van der Waals surface area contributed by atoms with Gasteiger partial charge >= 0.3 is 0 Å². The molecular weight excluding hydrogens is 470 g/mol. The first-order valence-electron chi connectivity index (χ1n) is 10.9. The molecule has 3 aromatic carbocycles. The molecule has 9 heteroatoms. The number of rotatable bonds is 12. The third-order valence-electron chi connectivity index (χ3n) is 5.06. The summed E-state index contributed by atoms with van der Waals surface area (Å²) in [5.74, 6) is 2.19. The second-order valence-corrected chi connectivity index (χ2v) is 8.93. The van der Waals surface area contributed by atoms with Crippen molar-refractivity contribution in [1.82, 2.24) is 25.5 Å². The molecule has 4 aromatic rings. The van der Waals surface area contributed by atoms with E-state index in [1.165, 1.54) is 0 Å². The highest BCUT2D eigenvalue weighted by molar-refractivity contribution is 7.99. The molecule has 0 unspecified atom stereocenters. The SMILES string of the molecule is COc1cc(CNCCCSc2nnnn2-c2ccccc2)c(Cl)cc1OCc1ccccc1. The van der Waals surface area contributed by atoms with Crippen LogP contribution in [0, 0.1) is 0 Å². The quantitative estimate of drug-likeness (QED) is 0.214. The minimum Gasteiger partial charge on any atom is -0.493 e. The van der Waals surface area contributed by atoms with Crippen LogP contribution in [0.15, 0.2) is 78.0 Å². The molecule has 4 rings (SSSR count). The van der Waals surface area contributed by atoms with Gasteiger partial charge in [0.2, 0.25) is 5.16 Å². The summed E-state index contributed by atoms with van der Waals surface area (Å²) in [6, 6.07) is 23.6. The molecular formula is C25H26ClN5O2S. The first-order chi connectivity index (χ1) is 16.7. The van der Waals surface area contributed by atoms with E-state index < -0.39 is 0 Å². The zero-order chi connectivity index (χ0) is 23.6. The van der Waals surface area contributed by atoms with Gasteiger partial charge < -0.3 is 14.8 Å². The third kappa shape index (κ3) is 6.50. The van der Waals surface area contributed by atoms with Gasteiger partial charge in [0.15, 0.2) is 11.5 Å². The Morgan fingerprint density at radius 1 is 1.00 bits per heavy atom. The van der Waals surface area contributed by atoms with Gasteiger partial charge in [0.1, 0.15) is 6.61 Å². The number of aromatic nitrogens is 4. The van der Waals surface area contributed by atoms with Gasteiger partial charge in [-0.25, -0.2) is 0 Å². The number of nitrogens with zero attached hydrogens (tertiary/aromatic N) is 4. The van der Waals surface area contributed by atoms with E-state index >= 15 is 0 Å². The maximum atomic E-state index is 6.52. The van der Waals surface area contributed by atoms with Crippen LogP contribution in [0.2, 0.25) is 5.02 Å². The van der Waals surface area contributed by atoms with E-state index in [0.717, 1.165) is 40.7 Å². The van der Waals surface area contributed by atoms with Gasteiger partial charge in [0.25, 0.3) is 0 Å². The van der Waals surface area contributed by atoms with Crippen LogP contribution in [0.25, 0.3) is 5.69 Å². The van der Waals surface area contributed by atoms with Crippen molar-refractivity contribution in [2.24, 2.45) is 0 Å². The number of hydrogen-bond acceptors (Lipinski definition) is 7. The Hall–Kier alpha value is -3.07. The van der Waals surface area contributed by atoms with E-state index in [9.17, 15) is 0 Å². The molecule has 0 atom stereocenters. The van der Waals surface area contributed by atoms with Crippen LogP contribution < -0.4 is 14.8 Å². The summed E-state index contributed by atoms with van der Waals surface area (Å²) >= 11 is 8.15. The van der Waals surface area contributed by atoms with Crippen LogP contribution in [0.3, 0.4) is 0 Å². The molecule has 1 heterocycles. The van der Waals surface area contributed by atoms with Crippen LogP contribution >= 0.6 is 23.4 Å². The number of nitrogens with one attached hydrogen (secondary N) is 1. The van der Waals surface area contributed by atoms with Gasteiger partial charge in [0, 0.05) is 23.4 Å². The Morgan fingerprint density at radius 3 is 2.53 bits per heavy atom. The summed E-state index contributed by atoms with van der Waals surface area (Å²) in [6.07, 6.45) is 0.958. The lowest BCUT2D eigenvalue weighted by molar-refractivity contribution is 0.284. The van der Waals surface area contributed by atoms with E-state index in [1.807, 2.05) is 72.8 Å². The summed E-state index contributed by atoms with van der Waals surface area (Å²) in [5.41, 5.74) is 3.00. The number of benzene rings is 3. The van der Waals surface area contributed by atoms with Crippen LogP contribution in [0.5, 0.6) is 11.5 Å². The molecule has 0 fully saturated rings. The Labute approximate surface area is 208 Å². The van der Waals surface area contributed by atoms with Gasteiger partial charge in [-0.2, -0.15) is 4.68 Å². The number of hydrogen-bond donors (Lipinski definition) is 1. The predicted molar refractivity (Wildman–Crippen MR) is 135 cm³/mol. The smallest absolute Gasteiger partial charge is 0.214 e. The van der Waals surface area contributed by atoms with E-state index in [2.05, 4.69) is 20.8 Å². The molecule has 1 N–H and O–H groups in total. The summed E-state index contributed by atoms with van der Waals surface area (Å²) in [4.78, 5) is 0. The Bertz CT molecular complexity index is 1170. The second kappa shape index (κ2) is 12.4. The molecule has 0 aliphatic rings. The lowest BCUT2D eigenvalue weighted by Crippen LogP contribution is -2.16. The molecule has 176 valence electrons. The topological polar surface area (TPSA) is 74.1 Å². The first kappa shape index (κ1) is 24.1. The lowest BCUT2D eigenvalue weighted by Gasteiger charge is -2.14. The van der Waals surface area contributed by atoms with E-state index in [-0.39, 0.29) is 0 Å². The van der Waals surface area contributed by atoms with Crippen LogP contribution in [-0.2, 0) is 13.2 Å². The summed E-state index contributed by atoms with van der Waals surface area (Å²) in [6.45, 7) is 1.93. The van der Waals surface area contributed by atoms with Gasteiger partial charge in [-0.05, 0) is 52.7 Å². The number of methoxy groups -OCH3 is 1. The molecule has 0 aliphatic carbocycles. The molecule has 0 bridgehead atoms. The zero-order valence-corrected chi connectivity index (χ0v) is 20.4. The van der Waals surface area contributed by atoms with Crippen molar-refractivity contribution in [1.29, 1.82) is 0 Å². The number of halogens is 1. The van der Waals surface area contributed by atoms with Gasteiger partial charge in [0.05, 0.1) is 12.8 Å². The van der Waals surface area contributed by atoms with Crippen molar-refractivity contribution >= 4 is 23.4 Å².